The zero-order valence-electron chi connectivity index (χ0n) is 23.5. The Morgan fingerprint density at radius 1 is 1.00 bits per heavy atom. The third-order valence-corrected chi connectivity index (χ3v) is 9.47. The number of likely N-dealkylation sites (tertiary alicyclic amines) is 1. The number of nitrogens with one attached hydrogen (secondary N) is 1. The van der Waals surface area contributed by atoms with Crippen LogP contribution in [0.5, 0.6) is 17.2 Å². The highest BCUT2D eigenvalue weighted by Crippen LogP contribution is 2.43. The number of hydrogen-bond donors (Lipinski definition) is 2. The van der Waals surface area contributed by atoms with E-state index < -0.39 is 5.41 Å². The highest BCUT2D eigenvalue weighted by molar-refractivity contribution is 5.97. The number of hydrogen-bond acceptors (Lipinski definition) is 7. The molecule has 5 rings (SSSR count). The van der Waals surface area contributed by atoms with Gasteiger partial charge >= 0.3 is 0 Å². The second-order valence-electron chi connectivity index (χ2n) is 12.0. The third-order valence-electron chi connectivity index (χ3n) is 9.47. The van der Waals surface area contributed by atoms with E-state index in [-0.39, 0.29) is 23.1 Å². The molecule has 1 unspecified atom stereocenters. The molecule has 7 nitrogen and oxygen atoms in total. The number of ether oxygens (including phenoxy) is 1. The maximum atomic E-state index is 13.2. The first kappa shape index (κ1) is 27.8. The summed E-state index contributed by atoms with van der Waals surface area (Å²) < 4.78 is 5.88. The summed E-state index contributed by atoms with van der Waals surface area (Å²) in [5.74, 6) is 2.25. The van der Waals surface area contributed by atoms with Gasteiger partial charge in [-0.15, -0.1) is 0 Å². The summed E-state index contributed by atoms with van der Waals surface area (Å²) >= 11 is 0. The summed E-state index contributed by atoms with van der Waals surface area (Å²) in [6.45, 7) is 6.83. The summed E-state index contributed by atoms with van der Waals surface area (Å²) in [7, 11) is 2.22. The highest BCUT2D eigenvalue weighted by atomic mass is 16.5. The predicted molar refractivity (Wildman–Crippen MR) is 152 cm³/mol. The Hall–Kier alpha value is -2.74. The Labute approximate surface area is 232 Å². The van der Waals surface area contributed by atoms with Gasteiger partial charge in [-0.3, -0.25) is 19.4 Å². The van der Waals surface area contributed by atoms with E-state index in [4.69, 9.17) is 4.74 Å². The van der Waals surface area contributed by atoms with Gasteiger partial charge in [-0.05, 0) is 68.3 Å². The molecule has 2 N–H and O–H groups in total. The summed E-state index contributed by atoms with van der Waals surface area (Å²) in [5, 5.41) is 13.3. The van der Waals surface area contributed by atoms with Gasteiger partial charge in [0.2, 0.25) is 0 Å². The minimum Gasteiger partial charge on any atom is -0.508 e. The molecule has 2 aromatic rings. The second-order valence-corrected chi connectivity index (χ2v) is 12.0. The number of piperazine rings is 1. The third kappa shape index (κ3) is 6.06. The van der Waals surface area contributed by atoms with Crippen molar-refractivity contribution in [3.63, 3.8) is 0 Å². The van der Waals surface area contributed by atoms with Crippen molar-refractivity contribution >= 4 is 11.6 Å². The zero-order chi connectivity index (χ0) is 27.5. The van der Waals surface area contributed by atoms with E-state index in [0.717, 1.165) is 70.6 Å². The molecule has 2 saturated heterocycles. The molecular weight excluding hydrogens is 490 g/mol. The summed E-state index contributed by atoms with van der Waals surface area (Å²) in [6, 6.07) is 15.0. The number of piperidine rings is 1. The van der Waals surface area contributed by atoms with E-state index in [1.807, 2.05) is 12.1 Å². The molecule has 0 radical (unpaired) electrons. The SMILES string of the molecule is CCCCC1([C@H]2CN(C)C3(CCN(Cc4ccc(Oc5ccc(O)cc5)cc4)CC3)CN2)CC(=O)CCC1=O. The maximum Gasteiger partial charge on any atom is 0.141 e. The van der Waals surface area contributed by atoms with Gasteiger partial charge in [0.25, 0.3) is 0 Å². The molecule has 3 aliphatic rings. The van der Waals surface area contributed by atoms with Crippen molar-refractivity contribution in [3.05, 3.63) is 54.1 Å². The topological polar surface area (TPSA) is 82.1 Å². The van der Waals surface area contributed by atoms with Gasteiger partial charge in [0.15, 0.2) is 0 Å². The lowest BCUT2D eigenvalue weighted by molar-refractivity contribution is -0.144. The summed E-state index contributed by atoms with van der Waals surface area (Å²) in [5.41, 5.74) is 0.834. The largest absolute Gasteiger partial charge is 0.508 e. The van der Waals surface area contributed by atoms with E-state index in [2.05, 4.69) is 41.2 Å². The van der Waals surface area contributed by atoms with Crippen LogP contribution in [0.4, 0.5) is 0 Å². The number of carbonyl (C=O) groups is 2. The Bertz CT molecular complexity index is 1140. The standard InChI is InChI=1S/C32H43N3O4/c1-3-4-15-32(20-26(37)9-14-30(32)38)29-22-34(2)31(23-33-29)16-18-35(19-17-31)21-24-5-10-27(11-6-24)39-28-12-7-25(36)8-13-28/h5-8,10-13,29,33,36H,3-4,9,14-23H2,1-2H3/t29-,32?/m1/s1. The fraction of sp³-hybridized carbons (Fsp3) is 0.562. The van der Waals surface area contributed by atoms with Crippen molar-refractivity contribution in [2.45, 2.75) is 76.4 Å². The fourth-order valence-electron chi connectivity index (χ4n) is 6.86. The van der Waals surface area contributed by atoms with Gasteiger partial charge in [0, 0.05) is 63.6 Å². The van der Waals surface area contributed by atoms with Crippen molar-refractivity contribution in [3.8, 4) is 17.2 Å². The summed E-state index contributed by atoms with van der Waals surface area (Å²) in [4.78, 5) is 30.8. The number of benzene rings is 2. The van der Waals surface area contributed by atoms with Crippen molar-refractivity contribution in [1.82, 2.24) is 15.1 Å². The van der Waals surface area contributed by atoms with Crippen molar-refractivity contribution in [2.75, 3.05) is 33.2 Å². The van der Waals surface area contributed by atoms with Gasteiger partial charge < -0.3 is 15.2 Å². The minimum atomic E-state index is -0.528. The molecule has 0 bridgehead atoms. The van der Waals surface area contributed by atoms with Crippen molar-refractivity contribution in [2.24, 2.45) is 5.41 Å². The lowest BCUT2D eigenvalue weighted by atomic mass is 9.63. The Morgan fingerprint density at radius 2 is 1.67 bits per heavy atom. The Balaban J connectivity index is 1.16. The van der Waals surface area contributed by atoms with Crippen LogP contribution in [-0.2, 0) is 16.1 Å². The van der Waals surface area contributed by atoms with E-state index in [1.54, 1.807) is 24.3 Å². The van der Waals surface area contributed by atoms with E-state index in [0.29, 0.717) is 30.8 Å². The van der Waals surface area contributed by atoms with Crippen LogP contribution in [-0.4, -0.2) is 71.3 Å². The Morgan fingerprint density at radius 3 is 2.31 bits per heavy atom. The predicted octanol–water partition coefficient (Wildman–Crippen LogP) is 4.92. The molecule has 2 heterocycles. The molecule has 2 aliphatic heterocycles. The first-order valence-corrected chi connectivity index (χ1v) is 14.6. The average Bonchev–Trinajstić information content (AvgIpc) is 2.94. The smallest absolute Gasteiger partial charge is 0.141 e. The first-order valence-electron chi connectivity index (χ1n) is 14.6. The molecule has 2 atom stereocenters. The molecule has 39 heavy (non-hydrogen) atoms. The van der Waals surface area contributed by atoms with Crippen LogP contribution in [0.2, 0.25) is 0 Å². The maximum absolute atomic E-state index is 13.2. The number of nitrogens with zero attached hydrogens (tertiary/aromatic N) is 2. The number of carbonyl (C=O) groups excluding carboxylic acids is 2. The van der Waals surface area contributed by atoms with E-state index >= 15 is 0 Å². The van der Waals surface area contributed by atoms with Crippen LogP contribution in [0.1, 0.15) is 63.9 Å². The van der Waals surface area contributed by atoms with Gasteiger partial charge in [-0.2, -0.15) is 0 Å². The van der Waals surface area contributed by atoms with Gasteiger partial charge in [-0.25, -0.2) is 0 Å². The molecule has 0 amide bonds. The lowest BCUT2D eigenvalue weighted by Gasteiger charge is -2.55. The number of phenolic OH excluding ortho intramolecular Hbond substituents is 1. The Kier molecular flexibility index (Phi) is 8.40. The fourth-order valence-corrected chi connectivity index (χ4v) is 6.86. The molecular formula is C32H43N3O4. The van der Waals surface area contributed by atoms with Crippen LogP contribution in [0.15, 0.2) is 48.5 Å². The molecule has 3 fully saturated rings. The lowest BCUT2D eigenvalue weighted by Crippen LogP contribution is -2.70. The second kappa shape index (κ2) is 11.8. The first-order chi connectivity index (χ1) is 18.8. The van der Waals surface area contributed by atoms with Crippen molar-refractivity contribution in [1.29, 1.82) is 0 Å². The van der Waals surface area contributed by atoms with Crippen LogP contribution in [0, 0.1) is 5.41 Å². The molecule has 2 aromatic carbocycles. The quantitative estimate of drug-likeness (QED) is 0.498. The van der Waals surface area contributed by atoms with Gasteiger partial charge in [-0.1, -0.05) is 31.9 Å². The molecule has 0 aromatic heterocycles. The molecule has 210 valence electrons. The number of ketones is 2. The number of phenols is 1. The number of Topliss-reactive ketones (excluding diaryl/α,β-unsaturated/α-hetero) is 2. The van der Waals surface area contributed by atoms with Crippen molar-refractivity contribution < 1.29 is 19.4 Å². The minimum absolute atomic E-state index is 0.0526. The normalized spacial score (nSPS) is 26.2. The summed E-state index contributed by atoms with van der Waals surface area (Å²) in [6.07, 6.45) is 6.26. The number of likely N-dealkylation sites (N-methyl/N-ethyl adjacent to an activating group) is 1. The molecule has 7 heteroatoms. The van der Waals surface area contributed by atoms with Crippen LogP contribution < -0.4 is 10.1 Å². The van der Waals surface area contributed by atoms with Gasteiger partial charge in [0.05, 0.1) is 5.41 Å². The van der Waals surface area contributed by atoms with E-state index in [1.165, 1.54) is 5.56 Å². The average molecular weight is 534 g/mol. The van der Waals surface area contributed by atoms with Crippen LogP contribution >= 0.6 is 0 Å². The highest BCUT2D eigenvalue weighted by Gasteiger charge is 2.52. The molecule has 1 aliphatic carbocycles. The molecule has 1 saturated carbocycles. The van der Waals surface area contributed by atoms with Gasteiger partial charge in [0.1, 0.15) is 28.8 Å². The van der Waals surface area contributed by atoms with E-state index in [9.17, 15) is 14.7 Å². The van der Waals surface area contributed by atoms with Crippen LogP contribution in [0.3, 0.4) is 0 Å². The monoisotopic (exact) mass is 533 g/mol. The molecule has 1 spiro atoms. The zero-order valence-corrected chi connectivity index (χ0v) is 23.5. The van der Waals surface area contributed by atoms with Crippen LogP contribution in [0.25, 0.3) is 0 Å². The number of rotatable bonds is 8. The number of unbranched alkanes of at least 4 members (excludes halogenated alkanes) is 1. The number of aromatic hydroxyl groups is 1.